The van der Waals surface area contributed by atoms with Crippen molar-refractivity contribution in [3.63, 3.8) is 0 Å². The van der Waals surface area contributed by atoms with Crippen molar-refractivity contribution in [2.45, 2.75) is 65.3 Å². The first-order valence-electron chi connectivity index (χ1n) is 8.30. The van der Waals surface area contributed by atoms with E-state index in [0.29, 0.717) is 16.4 Å². The molecule has 1 aromatic carbocycles. The van der Waals surface area contributed by atoms with Gasteiger partial charge >= 0.3 is 0 Å². The van der Waals surface area contributed by atoms with Crippen molar-refractivity contribution in [2.75, 3.05) is 6.54 Å². The minimum absolute atomic E-state index is 0.163. The molecule has 120 valence electrons. The summed E-state index contributed by atoms with van der Waals surface area (Å²) in [5, 5.41) is 3.69. The maximum Gasteiger partial charge on any atom is 0.137 e. The predicted molar refractivity (Wildman–Crippen MR) is 93.2 cm³/mol. The second kappa shape index (κ2) is 10.3. The van der Waals surface area contributed by atoms with Crippen LogP contribution in [0.3, 0.4) is 0 Å². The Morgan fingerprint density at radius 3 is 2.33 bits per heavy atom. The van der Waals surface area contributed by atoms with Crippen molar-refractivity contribution in [2.24, 2.45) is 5.92 Å². The van der Waals surface area contributed by atoms with Gasteiger partial charge in [-0.2, -0.15) is 0 Å². The number of hydrogen-bond donors (Lipinski definition) is 1. The normalized spacial score (nSPS) is 12.9. The van der Waals surface area contributed by atoms with E-state index >= 15 is 0 Å². The Labute approximate surface area is 137 Å². The van der Waals surface area contributed by atoms with Crippen LogP contribution >= 0.6 is 15.9 Å². The van der Waals surface area contributed by atoms with E-state index in [2.05, 4.69) is 42.0 Å². The molecule has 0 saturated heterocycles. The van der Waals surface area contributed by atoms with Crippen molar-refractivity contribution < 1.29 is 4.39 Å². The third-order valence-electron chi connectivity index (χ3n) is 4.02. The van der Waals surface area contributed by atoms with Crippen LogP contribution in [-0.2, 0) is 6.42 Å². The fourth-order valence-electron chi connectivity index (χ4n) is 2.97. The molecule has 1 N–H and O–H groups in total. The molecule has 21 heavy (non-hydrogen) atoms. The topological polar surface area (TPSA) is 12.0 Å². The fourth-order valence-corrected chi connectivity index (χ4v) is 3.39. The standard InChI is InChI=1S/C18H29BrFN/c1-4-8-14(9-5-2)17(21-12-6-3)13-15-10-7-11-16(20)18(15)19/h7,10-11,14,17,21H,4-6,8-9,12-13H2,1-3H3. The fraction of sp³-hybridized carbons (Fsp3) is 0.667. The average Bonchev–Trinajstić information content (AvgIpc) is 2.47. The zero-order valence-electron chi connectivity index (χ0n) is 13.6. The van der Waals surface area contributed by atoms with Gasteiger partial charge in [-0.05, 0) is 65.7 Å². The first-order valence-corrected chi connectivity index (χ1v) is 9.09. The Morgan fingerprint density at radius 1 is 1.10 bits per heavy atom. The maximum absolute atomic E-state index is 13.7. The van der Waals surface area contributed by atoms with Gasteiger partial charge in [0.05, 0.1) is 4.47 Å². The van der Waals surface area contributed by atoms with Crippen LogP contribution < -0.4 is 5.32 Å². The molecule has 0 saturated carbocycles. The minimum Gasteiger partial charge on any atom is -0.313 e. The van der Waals surface area contributed by atoms with E-state index in [1.807, 2.05) is 6.07 Å². The number of rotatable bonds is 10. The molecule has 1 unspecified atom stereocenters. The summed E-state index contributed by atoms with van der Waals surface area (Å²) < 4.78 is 14.3. The van der Waals surface area contributed by atoms with Gasteiger partial charge in [-0.1, -0.05) is 45.7 Å². The monoisotopic (exact) mass is 357 g/mol. The van der Waals surface area contributed by atoms with Crippen LogP contribution in [0.4, 0.5) is 4.39 Å². The van der Waals surface area contributed by atoms with E-state index in [-0.39, 0.29) is 5.82 Å². The molecule has 0 radical (unpaired) electrons. The van der Waals surface area contributed by atoms with Crippen LogP contribution in [0.25, 0.3) is 0 Å². The van der Waals surface area contributed by atoms with E-state index in [1.54, 1.807) is 6.07 Å². The molecular weight excluding hydrogens is 329 g/mol. The lowest BCUT2D eigenvalue weighted by Gasteiger charge is -2.28. The molecule has 0 aliphatic rings. The zero-order valence-corrected chi connectivity index (χ0v) is 15.2. The molecular formula is C18H29BrFN. The summed E-state index contributed by atoms with van der Waals surface area (Å²) >= 11 is 3.40. The Kier molecular flexibility index (Phi) is 9.18. The molecule has 1 nitrogen and oxygen atoms in total. The van der Waals surface area contributed by atoms with Crippen LogP contribution in [0.5, 0.6) is 0 Å². The van der Waals surface area contributed by atoms with Gasteiger partial charge < -0.3 is 5.32 Å². The summed E-state index contributed by atoms with van der Waals surface area (Å²) in [4.78, 5) is 0. The van der Waals surface area contributed by atoms with Gasteiger partial charge in [-0.25, -0.2) is 4.39 Å². The molecule has 3 heteroatoms. The average molecular weight is 358 g/mol. The summed E-state index contributed by atoms with van der Waals surface area (Å²) in [6.45, 7) is 7.72. The Morgan fingerprint density at radius 2 is 1.76 bits per heavy atom. The summed E-state index contributed by atoms with van der Waals surface area (Å²) in [7, 11) is 0. The van der Waals surface area contributed by atoms with E-state index < -0.39 is 0 Å². The van der Waals surface area contributed by atoms with Crippen molar-refractivity contribution in [1.82, 2.24) is 5.32 Å². The smallest absolute Gasteiger partial charge is 0.137 e. The second-order valence-electron chi connectivity index (χ2n) is 5.82. The Bertz CT molecular complexity index is 402. The molecule has 1 atom stereocenters. The molecule has 0 aromatic heterocycles. The zero-order chi connectivity index (χ0) is 15.7. The van der Waals surface area contributed by atoms with Gasteiger partial charge in [0.1, 0.15) is 5.82 Å². The lowest BCUT2D eigenvalue weighted by molar-refractivity contribution is 0.308. The lowest BCUT2D eigenvalue weighted by Crippen LogP contribution is -2.38. The molecule has 0 aliphatic heterocycles. The van der Waals surface area contributed by atoms with Gasteiger partial charge in [-0.15, -0.1) is 0 Å². The number of halogens is 2. The summed E-state index contributed by atoms with van der Waals surface area (Å²) in [5.41, 5.74) is 1.07. The highest BCUT2D eigenvalue weighted by atomic mass is 79.9. The molecule has 0 spiro atoms. The van der Waals surface area contributed by atoms with E-state index in [9.17, 15) is 4.39 Å². The van der Waals surface area contributed by atoms with Crippen LogP contribution in [0.15, 0.2) is 22.7 Å². The van der Waals surface area contributed by atoms with Crippen LogP contribution in [0.2, 0.25) is 0 Å². The Balaban J connectivity index is 2.87. The second-order valence-corrected chi connectivity index (χ2v) is 6.61. The molecule has 0 fully saturated rings. The van der Waals surface area contributed by atoms with Gasteiger partial charge in [0.25, 0.3) is 0 Å². The molecule has 0 heterocycles. The van der Waals surface area contributed by atoms with Gasteiger partial charge in [0.15, 0.2) is 0 Å². The number of benzene rings is 1. The SMILES string of the molecule is CCCNC(Cc1cccc(F)c1Br)C(CCC)CCC. The molecule has 1 aromatic rings. The number of hydrogen-bond acceptors (Lipinski definition) is 1. The third kappa shape index (κ3) is 6.07. The highest BCUT2D eigenvalue weighted by Crippen LogP contribution is 2.26. The number of nitrogens with one attached hydrogen (secondary N) is 1. The van der Waals surface area contributed by atoms with Crippen molar-refractivity contribution in [1.29, 1.82) is 0 Å². The van der Waals surface area contributed by atoms with Crippen molar-refractivity contribution in [3.8, 4) is 0 Å². The highest BCUT2D eigenvalue weighted by Gasteiger charge is 2.21. The van der Waals surface area contributed by atoms with Gasteiger partial charge in [0.2, 0.25) is 0 Å². The van der Waals surface area contributed by atoms with E-state index in [4.69, 9.17) is 0 Å². The van der Waals surface area contributed by atoms with E-state index in [0.717, 1.165) is 24.9 Å². The third-order valence-corrected chi connectivity index (χ3v) is 4.90. The molecule has 0 aliphatic carbocycles. The maximum atomic E-state index is 13.7. The summed E-state index contributed by atoms with van der Waals surface area (Å²) in [6, 6.07) is 5.78. The van der Waals surface area contributed by atoms with Crippen LogP contribution in [0.1, 0.15) is 58.4 Å². The summed E-state index contributed by atoms with van der Waals surface area (Å²) in [6.07, 6.45) is 6.91. The quantitative estimate of drug-likeness (QED) is 0.564. The van der Waals surface area contributed by atoms with Gasteiger partial charge in [0, 0.05) is 6.04 Å². The van der Waals surface area contributed by atoms with Crippen molar-refractivity contribution in [3.05, 3.63) is 34.1 Å². The minimum atomic E-state index is -0.163. The predicted octanol–water partition coefficient (Wildman–Crippen LogP) is 5.72. The van der Waals surface area contributed by atoms with Gasteiger partial charge in [-0.3, -0.25) is 0 Å². The molecule has 1 rings (SSSR count). The highest BCUT2D eigenvalue weighted by molar-refractivity contribution is 9.10. The Hall–Kier alpha value is -0.410. The largest absolute Gasteiger partial charge is 0.313 e. The summed E-state index contributed by atoms with van der Waals surface area (Å²) in [5.74, 6) is 0.506. The van der Waals surface area contributed by atoms with Crippen LogP contribution in [0, 0.1) is 11.7 Å². The van der Waals surface area contributed by atoms with E-state index in [1.165, 1.54) is 31.7 Å². The van der Waals surface area contributed by atoms with Crippen LogP contribution in [-0.4, -0.2) is 12.6 Å². The first kappa shape index (κ1) is 18.6. The lowest BCUT2D eigenvalue weighted by atomic mass is 9.86. The first-order chi connectivity index (χ1) is 10.1. The van der Waals surface area contributed by atoms with Crippen molar-refractivity contribution >= 4 is 15.9 Å². The molecule has 0 amide bonds. The molecule has 0 bridgehead atoms.